The Morgan fingerprint density at radius 1 is 1.07 bits per heavy atom. The molecule has 2 aromatic rings. The second-order valence-corrected chi connectivity index (χ2v) is 8.87. The third-order valence-electron chi connectivity index (χ3n) is 6.62. The van der Waals surface area contributed by atoms with Gasteiger partial charge in [-0.25, -0.2) is 0 Å². The molecule has 1 aromatic carbocycles. The molecule has 156 valence electrons. The lowest BCUT2D eigenvalue weighted by Gasteiger charge is -2.48. The highest BCUT2D eigenvalue weighted by molar-refractivity contribution is 5.77. The van der Waals surface area contributed by atoms with Gasteiger partial charge in [0, 0.05) is 39.0 Å². The normalized spacial score (nSPS) is 19.3. The molecule has 1 saturated heterocycles. The van der Waals surface area contributed by atoms with Crippen molar-refractivity contribution in [1.82, 2.24) is 14.7 Å². The third kappa shape index (κ3) is 4.26. The molecule has 0 aliphatic carbocycles. The van der Waals surface area contributed by atoms with Crippen molar-refractivity contribution in [2.24, 2.45) is 0 Å². The van der Waals surface area contributed by atoms with Crippen molar-refractivity contribution in [3.63, 3.8) is 0 Å². The molecule has 0 bridgehead atoms. The summed E-state index contributed by atoms with van der Waals surface area (Å²) in [5.41, 5.74) is 3.13. The molecule has 1 fully saturated rings. The summed E-state index contributed by atoms with van der Waals surface area (Å²) >= 11 is 0. The molecule has 1 aromatic heterocycles. The number of likely N-dealkylation sites (tertiary alicyclic amines) is 1. The summed E-state index contributed by atoms with van der Waals surface area (Å²) in [4.78, 5) is 18.7. The van der Waals surface area contributed by atoms with Crippen molar-refractivity contribution in [1.29, 1.82) is 0 Å². The lowest BCUT2D eigenvalue weighted by atomic mass is 9.69. The molecule has 0 saturated carbocycles. The maximum Gasteiger partial charge on any atom is 0.236 e. The van der Waals surface area contributed by atoms with Crippen molar-refractivity contribution >= 4 is 5.91 Å². The molecule has 1 spiro atoms. The molecule has 1 amide bonds. The van der Waals surface area contributed by atoms with E-state index < -0.39 is 0 Å². The van der Waals surface area contributed by atoms with Crippen LogP contribution >= 0.6 is 0 Å². The molecule has 0 radical (unpaired) electrons. The Labute approximate surface area is 174 Å². The molecule has 4 rings (SSSR count). The summed E-state index contributed by atoms with van der Waals surface area (Å²) in [6.45, 7) is 7.50. The van der Waals surface area contributed by atoms with E-state index in [0.717, 1.165) is 63.5 Å². The molecule has 29 heavy (non-hydrogen) atoms. The van der Waals surface area contributed by atoms with E-state index in [1.165, 1.54) is 11.1 Å². The van der Waals surface area contributed by atoms with Gasteiger partial charge in [0.15, 0.2) is 0 Å². The van der Waals surface area contributed by atoms with Crippen LogP contribution in [-0.4, -0.2) is 60.9 Å². The Bertz CT molecular complexity index is 849. The van der Waals surface area contributed by atoms with Gasteiger partial charge in [0.05, 0.1) is 13.1 Å². The van der Waals surface area contributed by atoms with Gasteiger partial charge in [-0.3, -0.25) is 14.6 Å². The van der Waals surface area contributed by atoms with E-state index in [4.69, 9.17) is 4.42 Å². The van der Waals surface area contributed by atoms with Crippen LogP contribution in [0, 0.1) is 0 Å². The molecule has 5 nitrogen and oxygen atoms in total. The van der Waals surface area contributed by atoms with Crippen LogP contribution in [0.3, 0.4) is 0 Å². The number of carbonyl (C=O) groups is 1. The van der Waals surface area contributed by atoms with Crippen molar-refractivity contribution in [2.75, 3.05) is 40.3 Å². The average molecular weight is 396 g/mol. The van der Waals surface area contributed by atoms with Crippen molar-refractivity contribution in [2.45, 2.75) is 44.7 Å². The van der Waals surface area contributed by atoms with Gasteiger partial charge < -0.3 is 9.32 Å². The highest BCUT2D eigenvalue weighted by atomic mass is 16.3. The van der Waals surface area contributed by atoms with Gasteiger partial charge in [-0.1, -0.05) is 31.2 Å². The quantitative estimate of drug-likeness (QED) is 0.779. The van der Waals surface area contributed by atoms with Gasteiger partial charge in [-0.05, 0) is 49.2 Å². The Kier molecular flexibility index (Phi) is 5.79. The molecular weight excluding hydrogens is 362 g/mol. The predicted octanol–water partition coefficient (Wildman–Crippen LogP) is 3.28. The first-order valence-electron chi connectivity index (χ1n) is 10.8. The molecule has 0 N–H and O–H groups in total. The maximum atomic E-state index is 12.1. The highest BCUT2D eigenvalue weighted by Crippen LogP contribution is 2.42. The van der Waals surface area contributed by atoms with E-state index in [-0.39, 0.29) is 11.3 Å². The highest BCUT2D eigenvalue weighted by Gasteiger charge is 2.42. The first-order valence-corrected chi connectivity index (χ1v) is 10.8. The monoisotopic (exact) mass is 395 g/mol. The number of benzene rings is 1. The number of amides is 1. The van der Waals surface area contributed by atoms with Gasteiger partial charge in [-0.2, -0.15) is 0 Å². The summed E-state index contributed by atoms with van der Waals surface area (Å²) in [7, 11) is 3.67. The molecule has 5 heteroatoms. The zero-order valence-corrected chi connectivity index (χ0v) is 18.0. The van der Waals surface area contributed by atoms with Crippen LogP contribution in [0.15, 0.2) is 40.8 Å². The number of fused-ring (bicyclic) bond motifs is 2. The fourth-order valence-corrected chi connectivity index (χ4v) is 4.91. The summed E-state index contributed by atoms with van der Waals surface area (Å²) in [6, 6.07) is 13.2. The largest absolute Gasteiger partial charge is 0.465 e. The standard InChI is InChI=1S/C24H33N3O2/c1-4-20-9-10-21(29-20)16-27-15-19-7-5-6-8-22(19)24(18-27)11-13-26(14-12-24)17-23(28)25(2)3/h5-10H,4,11-18H2,1-3H3. The number of aryl methyl sites for hydroxylation is 1. The lowest BCUT2D eigenvalue weighted by molar-refractivity contribution is -0.130. The SMILES string of the molecule is CCc1ccc(CN2Cc3ccccc3C3(CCN(CC(=O)N(C)C)CC3)C2)o1. The van der Waals surface area contributed by atoms with Crippen LogP contribution in [0.5, 0.6) is 0 Å². The second kappa shape index (κ2) is 8.33. The number of carbonyl (C=O) groups excluding carboxylic acids is 1. The number of piperidine rings is 1. The Morgan fingerprint density at radius 3 is 2.48 bits per heavy atom. The molecule has 0 atom stereocenters. The van der Waals surface area contributed by atoms with Crippen LogP contribution in [0.2, 0.25) is 0 Å². The molecule has 2 aliphatic heterocycles. The minimum absolute atomic E-state index is 0.173. The first-order chi connectivity index (χ1) is 14.0. The number of likely N-dealkylation sites (N-methyl/N-ethyl adjacent to an activating group) is 1. The number of hydrogen-bond acceptors (Lipinski definition) is 4. The van der Waals surface area contributed by atoms with Gasteiger partial charge in [-0.15, -0.1) is 0 Å². The van der Waals surface area contributed by atoms with Crippen LogP contribution < -0.4 is 0 Å². The zero-order chi connectivity index (χ0) is 20.4. The van der Waals surface area contributed by atoms with Gasteiger partial charge >= 0.3 is 0 Å². The van der Waals surface area contributed by atoms with E-state index >= 15 is 0 Å². The van der Waals surface area contributed by atoms with Crippen molar-refractivity contribution in [3.05, 3.63) is 59.0 Å². The lowest BCUT2D eigenvalue weighted by Crippen LogP contribution is -2.52. The Morgan fingerprint density at radius 2 is 1.79 bits per heavy atom. The number of furan rings is 1. The van der Waals surface area contributed by atoms with E-state index in [0.29, 0.717) is 6.54 Å². The summed E-state index contributed by atoms with van der Waals surface area (Å²) < 4.78 is 5.99. The smallest absolute Gasteiger partial charge is 0.236 e. The predicted molar refractivity (Wildman–Crippen MR) is 115 cm³/mol. The number of rotatable bonds is 5. The van der Waals surface area contributed by atoms with Gasteiger partial charge in [0.1, 0.15) is 11.5 Å². The van der Waals surface area contributed by atoms with E-state index in [1.54, 1.807) is 4.90 Å². The molecule has 3 heterocycles. The van der Waals surface area contributed by atoms with Crippen molar-refractivity contribution < 1.29 is 9.21 Å². The fourth-order valence-electron chi connectivity index (χ4n) is 4.91. The second-order valence-electron chi connectivity index (χ2n) is 8.87. The van der Waals surface area contributed by atoms with Gasteiger partial charge in [0.25, 0.3) is 0 Å². The van der Waals surface area contributed by atoms with Crippen molar-refractivity contribution in [3.8, 4) is 0 Å². The average Bonchev–Trinajstić information content (AvgIpc) is 3.17. The maximum absolute atomic E-state index is 12.1. The minimum Gasteiger partial charge on any atom is -0.465 e. The molecule has 0 unspecified atom stereocenters. The van der Waals surface area contributed by atoms with Crippen LogP contribution in [0.25, 0.3) is 0 Å². The first kappa shape index (κ1) is 20.2. The van der Waals surface area contributed by atoms with E-state index in [9.17, 15) is 4.79 Å². The summed E-state index contributed by atoms with van der Waals surface area (Å²) in [5, 5.41) is 0. The minimum atomic E-state index is 0.173. The molecular formula is C24H33N3O2. The molecule has 2 aliphatic rings. The van der Waals surface area contributed by atoms with Crippen LogP contribution in [0.1, 0.15) is 42.4 Å². The number of nitrogens with zero attached hydrogens (tertiary/aromatic N) is 3. The van der Waals surface area contributed by atoms with E-state index in [2.05, 4.69) is 53.1 Å². The summed E-state index contributed by atoms with van der Waals surface area (Å²) in [6.07, 6.45) is 3.13. The fraction of sp³-hybridized carbons (Fsp3) is 0.542. The van der Waals surface area contributed by atoms with Crippen LogP contribution in [-0.2, 0) is 29.7 Å². The Hall–Kier alpha value is -2.11. The third-order valence-corrected chi connectivity index (χ3v) is 6.62. The number of hydrogen-bond donors (Lipinski definition) is 0. The van der Waals surface area contributed by atoms with E-state index in [1.807, 2.05) is 14.1 Å². The zero-order valence-electron chi connectivity index (χ0n) is 18.0. The van der Waals surface area contributed by atoms with Gasteiger partial charge in [0.2, 0.25) is 5.91 Å². The summed E-state index contributed by atoms with van der Waals surface area (Å²) in [5.74, 6) is 2.31. The Balaban J connectivity index is 1.50. The topological polar surface area (TPSA) is 39.9 Å². The van der Waals surface area contributed by atoms with Crippen LogP contribution in [0.4, 0.5) is 0 Å².